The fraction of sp³-hybridized carbons (Fsp3) is 0.292. The molecule has 0 spiro atoms. The first-order chi connectivity index (χ1) is 15.0. The molecule has 0 bridgehead atoms. The molecule has 1 N–H and O–H groups in total. The van der Waals surface area contributed by atoms with Crippen LogP contribution in [0.1, 0.15) is 41.6 Å². The first-order valence-corrected chi connectivity index (χ1v) is 10.8. The molecule has 1 amide bonds. The van der Waals surface area contributed by atoms with Gasteiger partial charge in [-0.15, -0.1) is 0 Å². The summed E-state index contributed by atoms with van der Waals surface area (Å²) in [5, 5.41) is 7.73. The Morgan fingerprint density at radius 3 is 2.39 bits per heavy atom. The van der Waals surface area contributed by atoms with E-state index in [9.17, 15) is 9.59 Å². The molecule has 1 aromatic heterocycles. The zero-order chi connectivity index (χ0) is 22.4. The molecule has 0 saturated heterocycles. The Kier molecular flexibility index (Phi) is 7.60. The van der Waals surface area contributed by atoms with E-state index in [4.69, 9.17) is 11.6 Å². The van der Waals surface area contributed by atoms with Crippen molar-refractivity contribution in [3.8, 4) is 5.69 Å². The van der Waals surface area contributed by atoms with Crippen molar-refractivity contribution in [2.45, 2.75) is 26.8 Å². The van der Waals surface area contributed by atoms with E-state index in [0.29, 0.717) is 22.9 Å². The van der Waals surface area contributed by atoms with Gasteiger partial charge in [-0.3, -0.25) is 14.5 Å². The molecule has 7 heteroatoms. The molecule has 1 heterocycles. The molecule has 31 heavy (non-hydrogen) atoms. The van der Waals surface area contributed by atoms with E-state index in [1.165, 1.54) is 10.7 Å². The van der Waals surface area contributed by atoms with Gasteiger partial charge in [0.25, 0.3) is 5.91 Å². The van der Waals surface area contributed by atoms with Gasteiger partial charge in [0.2, 0.25) is 5.43 Å². The van der Waals surface area contributed by atoms with Gasteiger partial charge in [-0.25, -0.2) is 4.68 Å². The van der Waals surface area contributed by atoms with Crippen LogP contribution in [-0.2, 0) is 0 Å². The highest BCUT2D eigenvalue weighted by Gasteiger charge is 2.21. The number of halogens is 1. The molecule has 0 aliphatic rings. The van der Waals surface area contributed by atoms with Gasteiger partial charge in [-0.2, -0.15) is 5.10 Å². The molecule has 3 aromatic rings. The van der Waals surface area contributed by atoms with Crippen LogP contribution < -0.4 is 10.7 Å². The van der Waals surface area contributed by atoms with Crippen LogP contribution in [0.3, 0.4) is 0 Å². The summed E-state index contributed by atoms with van der Waals surface area (Å²) in [6, 6.07) is 18.6. The van der Waals surface area contributed by atoms with Gasteiger partial charge in [0.1, 0.15) is 0 Å². The third kappa shape index (κ3) is 5.21. The van der Waals surface area contributed by atoms with Gasteiger partial charge < -0.3 is 5.32 Å². The van der Waals surface area contributed by atoms with E-state index in [-0.39, 0.29) is 11.7 Å². The summed E-state index contributed by atoms with van der Waals surface area (Å²) >= 11 is 6.29. The molecule has 0 aliphatic heterocycles. The van der Waals surface area contributed by atoms with Crippen molar-refractivity contribution in [3.63, 3.8) is 0 Å². The fourth-order valence-corrected chi connectivity index (χ4v) is 3.86. The molecule has 0 radical (unpaired) electrons. The van der Waals surface area contributed by atoms with E-state index in [0.717, 1.165) is 18.7 Å². The molecule has 1 atom stereocenters. The van der Waals surface area contributed by atoms with Crippen LogP contribution >= 0.6 is 11.6 Å². The zero-order valence-corrected chi connectivity index (χ0v) is 18.8. The van der Waals surface area contributed by atoms with Gasteiger partial charge in [0.15, 0.2) is 5.69 Å². The summed E-state index contributed by atoms with van der Waals surface area (Å²) in [6.45, 7) is 7.98. The number of hydrogen-bond acceptors (Lipinski definition) is 4. The Labute approximate surface area is 187 Å². The van der Waals surface area contributed by atoms with Crippen molar-refractivity contribution in [3.05, 3.63) is 92.9 Å². The lowest BCUT2D eigenvalue weighted by atomic mass is 10.0. The van der Waals surface area contributed by atoms with Gasteiger partial charge in [0.05, 0.1) is 16.8 Å². The minimum atomic E-state index is -0.501. The highest BCUT2D eigenvalue weighted by molar-refractivity contribution is 6.32. The van der Waals surface area contributed by atoms with Gasteiger partial charge >= 0.3 is 0 Å². The zero-order valence-electron chi connectivity index (χ0n) is 18.0. The lowest BCUT2D eigenvalue weighted by Gasteiger charge is -2.30. The number of hydrogen-bond donors (Lipinski definition) is 1. The summed E-state index contributed by atoms with van der Waals surface area (Å²) in [5.41, 5.74) is 1.74. The summed E-state index contributed by atoms with van der Waals surface area (Å²) in [5.74, 6) is -0.501. The monoisotopic (exact) mass is 438 g/mol. The first-order valence-electron chi connectivity index (χ1n) is 10.4. The van der Waals surface area contributed by atoms with Crippen molar-refractivity contribution in [2.24, 2.45) is 0 Å². The standard InChI is InChI=1S/C24H27ClN4O2/c1-4-28(5-2)21(18-11-7-6-8-12-18)16-26-24(31)23-22(30)15-17(3)29(27-23)20-14-10-9-13-19(20)25/h6-15,21H,4-5,16H2,1-3H3,(H,26,31). The normalized spacial score (nSPS) is 12.0. The molecule has 0 fully saturated rings. The second-order valence-corrected chi connectivity index (χ2v) is 7.63. The maximum Gasteiger partial charge on any atom is 0.275 e. The Hall–Kier alpha value is -2.96. The minimum Gasteiger partial charge on any atom is -0.349 e. The number of para-hydroxylation sites is 1. The Morgan fingerprint density at radius 2 is 1.74 bits per heavy atom. The number of rotatable bonds is 8. The number of carbonyl (C=O) groups is 1. The largest absolute Gasteiger partial charge is 0.349 e. The van der Waals surface area contributed by atoms with Crippen LogP contribution in [0.4, 0.5) is 0 Å². The average molecular weight is 439 g/mol. The quantitative estimate of drug-likeness (QED) is 0.577. The van der Waals surface area contributed by atoms with Crippen molar-refractivity contribution < 1.29 is 4.79 Å². The number of carbonyl (C=O) groups excluding carboxylic acids is 1. The van der Waals surface area contributed by atoms with Crippen LogP contribution in [0, 0.1) is 6.92 Å². The van der Waals surface area contributed by atoms with Crippen LogP contribution in [-0.4, -0.2) is 40.2 Å². The number of likely N-dealkylation sites (N-methyl/N-ethyl adjacent to an activating group) is 1. The Morgan fingerprint density at radius 1 is 1.10 bits per heavy atom. The average Bonchev–Trinajstić information content (AvgIpc) is 2.78. The van der Waals surface area contributed by atoms with E-state index in [2.05, 4.69) is 29.2 Å². The lowest BCUT2D eigenvalue weighted by Crippen LogP contribution is -2.40. The number of amides is 1. The van der Waals surface area contributed by atoms with E-state index < -0.39 is 11.3 Å². The van der Waals surface area contributed by atoms with E-state index >= 15 is 0 Å². The second-order valence-electron chi connectivity index (χ2n) is 7.22. The van der Waals surface area contributed by atoms with Crippen LogP contribution in [0.5, 0.6) is 0 Å². The molecular weight excluding hydrogens is 412 g/mol. The Bertz CT molecular complexity index is 1090. The molecule has 6 nitrogen and oxygen atoms in total. The summed E-state index contributed by atoms with van der Waals surface area (Å²) in [7, 11) is 0. The van der Waals surface area contributed by atoms with Gasteiger partial charge in [0, 0.05) is 18.3 Å². The smallest absolute Gasteiger partial charge is 0.275 e. The number of benzene rings is 2. The first kappa shape index (κ1) is 22.7. The lowest BCUT2D eigenvalue weighted by molar-refractivity contribution is 0.0927. The molecule has 0 aliphatic carbocycles. The highest BCUT2D eigenvalue weighted by atomic mass is 35.5. The molecule has 3 rings (SSSR count). The molecule has 0 saturated carbocycles. The number of nitrogens with one attached hydrogen (secondary N) is 1. The topological polar surface area (TPSA) is 67.2 Å². The molecule has 2 aromatic carbocycles. The van der Waals surface area contributed by atoms with Crippen molar-refractivity contribution in [1.29, 1.82) is 0 Å². The fourth-order valence-electron chi connectivity index (χ4n) is 3.64. The third-order valence-electron chi connectivity index (χ3n) is 5.30. The predicted octanol–water partition coefficient (Wildman–Crippen LogP) is 4.01. The van der Waals surface area contributed by atoms with Gasteiger partial charge in [-0.05, 0) is 37.7 Å². The van der Waals surface area contributed by atoms with E-state index in [1.54, 1.807) is 19.1 Å². The minimum absolute atomic E-state index is 0.00334. The van der Waals surface area contributed by atoms with E-state index in [1.807, 2.05) is 42.5 Å². The van der Waals surface area contributed by atoms with Crippen molar-refractivity contribution in [1.82, 2.24) is 20.0 Å². The number of aromatic nitrogens is 2. The summed E-state index contributed by atoms with van der Waals surface area (Å²) in [4.78, 5) is 27.7. The number of nitrogens with zero attached hydrogens (tertiary/aromatic N) is 3. The summed E-state index contributed by atoms with van der Waals surface area (Å²) < 4.78 is 1.53. The SMILES string of the molecule is CCN(CC)C(CNC(=O)c1nn(-c2ccccc2Cl)c(C)cc1=O)c1ccccc1. The van der Waals surface area contributed by atoms with Gasteiger partial charge in [-0.1, -0.05) is 67.9 Å². The molecule has 162 valence electrons. The Balaban J connectivity index is 1.88. The highest BCUT2D eigenvalue weighted by Crippen LogP contribution is 2.21. The number of aryl methyl sites for hydroxylation is 1. The van der Waals surface area contributed by atoms with Crippen molar-refractivity contribution in [2.75, 3.05) is 19.6 Å². The maximum absolute atomic E-state index is 12.9. The van der Waals surface area contributed by atoms with Crippen LogP contribution in [0.2, 0.25) is 5.02 Å². The van der Waals surface area contributed by atoms with Crippen LogP contribution in [0.15, 0.2) is 65.5 Å². The van der Waals surface area contributed by atoms with Crippen molar-refractivity contribution >= 4 is 17.5 Å². The molecule has 1 unspecified atom stereocenters. The maximum atomic E-state index is 12.9. The second kappa shape index (κ2) is 10.4. The van der Waals surface area contributed by atoms with Crippen LogP contribution in [0.25, 0.3) is 5.69 Å². The third-order valence-corrected chi connectivity index (χ3v) is 5.62. The summed E-state index contributed by atoms with van der Waals surface area (Å²) in [6.07, 6.45) is 0. The molecular formula is C24H27ClN4O2. The predicted molar refractivity (Wildman–Crippen MR) is 124 cm³/mol.